The number of rotatable bonds is 6. The number of hydrogen-bond donors (Lipinski definition) is 1. The summed E-state index contributed by atoms with van der Waals surface area (Å²) in [6.45, 7) is 4.34. The zero-order valence-corrected chi connectivity index (χ0v) is 22.2. The van der Waals surface area contributed by atoms with E-state index in [1.165, 1.54) is 16.9 Å². The lowest BCUT2D eigenvalue weighted by Gasteiger charge is -2.11. The van der Waals surface area contributed by atoms with Crippen molar-refractivity contribution < 1.29 is 18.0 Å². The minimum atomic E-state index is -4.74. The molecule has 0 aliphatic heterocycles. The summed E-state index contributed by atoms with van der Waals surface area (Å²) in [5.74, 6) is -0.491. The van der Waals surface area contributed by atoms with Gasteiger partial charge < -0.3 is 5.32 Å². The van der Waals surface area contributed by atoms with E-state index in [1.54, 1.807) is 24.3 Å². The monoisotopic (exact) mass is 572 g/mol. The van der Waals surface area contributed by atoms with Crippen molar-refractivity contribution in [2.24, 2.45) is 0 Å². The third-order valence-corrected chi connectivity index (χ3v) is 6.71. The van der Waals surface area contributed by atoms with Crippen molar-refractivity contribution >= 4 is 40.6 Å². The van der Waals surface area contributed by atoms with Crippen molar-refractivity contribution in [1.82, 2.24) is 24.4 Å². The zero-order chi connectivity index (χ0) is 27.9. The van der Waals surface area contributed by atoms with Crippen LogP contribution in [0.1, 0.15) is 47.1 Å². The van der Waals surface area contributed by atoms with Crippen molar-refractivity contribution in [2.45, 2.75) is 32.5 Å². The van der Waals surface area contributed by atoms with Gasteiger partial charge in [-0.2, -0.15) is 23.4 Å². The lowest BCUT2D eigenvalue weighted by Crippen LogP contribution is -2.16. The van der Waals surface area contributed by atoms with Gasteiger partial charge in [0.1, 0.15) is 5.02 Å². The summed E-state index contributed by atoms with van der Waals surface area (Å²) in [6, 6.07) is 16.4. The number of nitrogens with zero attached hydrogens (tertiary/aromatic N) is 5. The molecular formula is C27H21Cl2F3N6O. The molecule has 0 aliphatic rings. The van der Waals surface area contributed by atoms with Crippen LogP contribution in [0.2, 0.25) is 10.0 Å². The van der Waals surface area contributed by atoms with E-state index in [0.29, 0.717) is 21.6 Å². The Morgan fingerprint density at radius 1 is 1.00 bits per heavy atom. The third-order valence-electron chi connectivity index (χ3n) is 6.06. The van der Waals surface area contributed by atoms with E-state index in [9.17, 15) is 18.0 Å². The molecule has 0 unspecified atom stereocenters. The fourth-order valence-corrected chi connectivity index (χ4v) is 4.40. The number of fused-ring (bicyclic) bond motifs is 1. The van der Waals surface area contributed by atoms with Gasteiger partial charge in [0.2, 0.25) is 0 Å². The highest BCUT2D eigenvalue weighted by Gasteiger charge is 2.35. The Kier molecular flexibility index (Phi) is 7.09. The van der Waals surface area contributed by atoms with Crippen LogP contribution in [-0.2, 0) is 12.7 Å². The number of carbonyl (C=O) groups excluding carboxylic acids is 1. The molecule has 1 N–H and O–H groups in total. The van der Waals surface area contributed by atoms with E-state index in [1.807, 2.05) is 38.1 Å². The molecule has 39 heavy (non-hydrogen) atoms. The van der Waals surface area contributed by atoms with Crippen LogP contribution in [0.4, 0.5) is 19.0 Å². The number of benzene rings is 2. The van der Waals surface area contributed by atoms with E-state index in [-0.39, 0.29) is 33.8 Å². The highest BCUT2D eigenvalue weighted by molar-refractivity contribution is 6.33. The van der Waals surface area contributed by atoms with E-state index in [2.05, 4.69) is 20.5 Å². The summed E-state index contributed by atoms with van der Waals surface area (Å²) in [7, 11) is 0. The molecule has 3 aromatic heterocycles. The van der Waals surface area contributed by atoms with E-state index < -0.39 is 17.8 Å². The first-order chi connectivity index (χ1) is 18.5. The fraction of sp³-hybridized carbons (Fsp3) is 0.185. The lowest BCUT2D eigenvalue weighted by molar-refractivity contribution is -0.142. The average Bonchev–Trinajstić information content (AvgIpc) is 3.47. The molecule has 0 saturated carbocycles. The average molecular weight is 573 g/mol. The number of amides is 1. The maximum absolute atomic E-state index is 14.0. The van der Waals surface area contributed by atoms with Gasteiger partial charge in [-0.05, 0) is 29.2 Å². The molecule has 0 bridgehead atoms. The van der Waals surface area contributed by atoms with Gasteiger partial charge in [0, 0.05) is 22.8 Å². The molecule has 0 aliphatic carbocycles. The number of halogens is 5. The van der Waals surface area contributed by atoms with Crippen molar-refractivity contribution in [3.05, 3.63) is 99.4 Å². The molecule has 2 aromatic carbocycles. The Morgan fingerprint density at radius 3 is 2.38 bits per heavy atom. The number of nitrogens with one attached hydrogen (secondary N) is 1. The molecule has 7 nitrogen and oxygen atoms in total. The van der Waals surface area contributed by atoms with Gasteiger partial charge in [0.05, 0.1) is 12.2 Å². The summed E-state index contributed by atoms with van der Waals surface area (Å²) in [5.41, 5.74) is 0.986. The number of hydrogen-bond acceptors (Lipinski definition) is 4. The van der Waals surface area contributed by atoms with Crippen molar-refractivity contribution in [1.29, 1.82) is 0 Å². The van der Waals surface area contributed by atoms with Gasteiger partial charge in [-0.1, -0.05) is 79.5 Å². The van der Waals surface area contributed by atoms with Gasteiger partial charge in [-0.25, -0.2) is 9.50 Å². The zero-order valence-electron chi connectivity index (χ0n) is 20.7. The molecule has 0 saturated heterocycles. The number of carbonyl (C=O) groups is 1. The summed E-state index contributed by atoms with van der Waals surface area (Å²) < 4.78 is 44.0. The maximum Gasteiger partial charge on any atom is 0.433 e. The minimum absolute atomic E-state index is 0.0284. The molecule has 5 rings (SSSR count). The first kappa shape index (κ1) is 26.7. The molecule has 200 valence electrons. The van der Waals surface area contributed by atoms with E-state index >= 15 is 0 Å². The molecule has 1 amide bonds. The van der Waals surface area contributed by atoms with Gasteiger partial charge in [-0.15, -0.1) is 0 Å². The predicted octanol–water partition coefficient (Wildman–Crippen LogP) is 7.34. The molecular weight excluding hydrogens is 552 g/mol. The van der Waals surface area contributed by atoms with Crippen molar-refractivity contribution in [3.8, 4) is 11.3 Å². The van der Waals surface area contributed by atoms with Crippen LogP contribution < -0.4 is 5.32 Å². The van der Waals surface area contributed by atoms with Crippen LogP contribution >= 0.6 is 23.2 Å². The summed E-state index contributed by atoms with van der Waals surface area (Å²) in [4.78, 5) is 17.3. The van der Waals surface area contributed by atoms with Crippen LogP contribution in [0.5, 0.6) is 0 Å². The molecule has 0 radical (unpaired) electrons. The lowest BCUT2D eigenvalue weighted by atomic mass is 10.0. The summed E-state index contributed by atoms with van der Waals surface area (Å²) in [6.07, 6.45) is -3.24. The van der Waals surface area contributed by atoms with Gasteiger partial charge in [-0.3, -0.25) is 9.48 Å². The normalized spacial score (nSPS) is 11.9. The topological polar surface area (TPSA) is 77.1 Å². The summed E-state index contributed by atoms with van der Waals surface area (Å²) in [5, 5.41) is 11.3. The van der Waals surface area contributed by atoms with Crippen LogP contribution in [-0.4, -0.2) is 30.3 Å². The molecule has 12 heteroatoms. The molecule has 0 atom stereocenters. The Bertz CT molecular complexity index is 1680. The Balaban J connectivity index is 1.45. The second kappa shape index (κ2) is 10.3. The van der Waals surface area contributed by atoms with E-state index in [0.717, 1.165) is 17.2 Å². The molecule has 0 spiro atoms. The van der Waals surface area contributed by atoms with Crippen LogP contribution in [0.3, 0.4) is 0 Å². The molecule has 5 aromatic rings. The molecule has 3 heterocycles. The first-order valence-corrected chi connectivity index (χ1v) is 12.6. The number of aromatic nitrogens is 5. The number of anilines is 1. The van der Waals surface area contributed by atoms with Gasteiger partial charge >= 0.3 is 6.18 Å². The molecule has 0 fully saturated rings. The van der Waals surface area contributed by atoms with Crippen LogP contribution in [0, 0.1) is 0 Å². The summed E-state index contributed by atoms with van der Waals surface area (Å²) >= 11 is 12.4. The SMILES string of the molecule is CC(C)c1ccc(-c2cc(C(F)(F)F)n3nc(C(=O)Nc4nn(Cc5ccccc5Cl)cc4Cl)cc3n2)cc1. The van der Waals surface area contributed by atoms with E-state index in [4.69, 9.17) is 23.2 Å². The predicted molar refractivity (Wildman–Crippen MR) is 143 cm³/mol. The van der Waals surface area contributed by atoms with Crippen LogP contribution in [0.25, 0.3) is 16.9 Å². The quantitative estimate of drug-likeness (QED) is 0.231. The highest BCUT2D eigenvalue weighted by atomic mass is 35.5. The van der Waals surface area contributed by atoms with Crippen LogP contribution in [0.15, 0.2) is 66.9 Å². The van der Waals surface area contributed by atoms with Gasteiger partial charge in [0.15, 0.2) is 22.9 Å². The Hall–Kier alpha value is -3.89. The Labute approximate surface area is 231 Å². The van der Waals surface area contributed by atoms with Crippen molar-refractivity contribution in [2.75, 3.05) is 5.32 Å². The smallest absolute Gasteiger partial charge is 0.302 e. The number of alkyl halides is 3. The second-order valence-electron chi connectivity index (χ2n) is 9.17. The van der Waals surface area contributed by atoms with Gasteiger partial charge in [0.25, 0.3) is 5.91 Å². The van der Waals surface area contributed by atoms with Crippen molar-refractivity contribution in [3.63, 3.8) is 0 Å². The fourth-order valence-electron chi connectivity index (χ4n) is 4.01. The Morgan fingerprint density at radius 2 is 1.72 bits per heavy atom. The minimum Gasteiger partial charge on any atom is -0.302 e. The second-order valence-corrected chi connectivity index (χ2v) is 9.98. The largest absolute Gasteiger partial charge is 0.433 e. The highest BCUT2D eigenvalue weighted by Crippen LogP contribution is 2.33. The standard InChI is InChI=1S/C27H21Cl2F3N6O/c1-15(2)16-7-9-17(10-8-16)21-11-23(27(30,31)32)38-24(33-21)12-22(35-38)26(39)34-25-20(29)14-37(36-25)13-18-5-3-4-6-19(18)28/h3-12,14-15H,13H2,1-2H3,(H,34,36,39). The third kappa shape index (κ3) is 5.62. The maximum atomic E-state index is 14.0. The first-order valence-electron chi connectivity index (χ1n) is 11.9.